The number of fused-ring (bicyclic) bond motifs is 6. The number of nitro benzene ring substituents is 1. The Morgan fingerprint density at radius 2 is 1.97 bits per heavy atom. The van der Waals surface area contributed by atoms with E-state index >= 15 is 0 Å². The van der Waals surface area contributed by atoms with E-state index in [-0.39, 0.29) is 34.5 Å². The van der Waals surface area contributed by atoms with Crippen LogP contribution in [0.1, 0.15) is 62.1 Å². The molecule has 172 valence electrons. The lowest BCUT2D eigenvalue weighted by molar-refractivity contribution is -0.383. The molecule has 2 saturated carbocycles. The fraction of sp³-hybridized carbons (Fsp3) is 0.500. The molecule has 0 spiro atoms. The molecule has 9 heteroatoms. The van der Waals surface area contributed by atoms with Gasteiger partial charge in [0, 0.05) is 6.07 Å². The third kappa shape index (κ3) is 2.95. The largest absolute Gasteiger partial charge is 0.508 e. The van der Waals surface area contributed by atoms with Gasteiger partial charge in [-0.25, -0.2) is 4.63 Å². The smallest absolute Gasteiger partial charge is 0.300 e. The number of nitrogens with one attached hydrogen (secondary N) is 1. The average molecular weight is 450 g/mol. The van der Waals surface area contributed by atoms with Gasteiger partial charge in [0.2, 0.25) is 5.52 Å². The lowest BCUT2D eigenvalue weighted by Crippen LogP contribution is -2.45. The highest BCUT2D eigenvalue weighted by atomic mass is 16.6. The van der Waals surface area contributed by atoms with Crippen molar-refractivity contribution in [2.45, 2.75) is 57.1 Å². The zero-order chi connectivity index (χ0) is 22.9. The third-order valence-electron chi connectivity index (χ3n) is 8.66. The Labute approximate surface area is 189 Å². The molecule has 3 aliphatic rings. The number of hydrogen-bond donors (Lipinski definition) is 3. The second-order valence-electron chi connectivity index (χ2n) is 10.1. The highest BCUT2D eigenvalue weighted by molar-refractivity contribution is 5.93. The zero-order valence-corrected chi connectivity index (χ0v) is 18.3. The van der Waals surface area contributed by atoms with Crippen LogP contribution < -0.4 is 5.32 Å². The minimum absolute atomic E-state index is 0.0587. The molecule has 1 aromatic heterocycles. The molecule has 3 aromatic rings. The van der Waals surface area contributed by atoms with Crippen LogP contribution in [0.5, 0.6) is 5.75 Å². The van der Waals surface area contributed by atoms with Crippen molar-refractivity contribution in [3.63, 3.8) is 0 Å². The zero-order valence-electron chi connectivity index (χ0n) is 18.3. The van der Waals surface area contributed by atoms with Gasteiger partial charge >= 0.3 is 5.69 Å². The summed E-state index contributed by atoms with van der Waals surface area (Å²) in [7, 11) is 0. The summed E-state index contributed by atoms with van der Waals surface area (Å²) in [5.41, 5.74) is 3.11. The maximum absolute atomic E-state index is 11.4. The number of anilines is 1. The molecule has 0 saturated heterocycles. The van der Waals surface area contributed by atoms with Crippen LogP contribution in [-0.2, 0) is 0 Å². The number of phenols is 1. The van der Waals surface area contributed by atoms with Crippen LogP contribution in [0.25, 0.3) is 11.0 Å². The minimum atomic E-state index is -0.497. The van der Waals surface area contributed by atoms with Crippen molar-refractivity contribution in [1.82, 2.24) is 10.3 Å². The average Bonchev–Trinajstić information content (AvgIpc) is 3.39. The van der Waals surface area contributed by atoms with Crippen molar-refractivity contribution < 1.29 is 19.8 Å². The van der Waals surface area contributed by atoms with E-state index in [0.717, 1.165) is 37.7 Å². The Kier molecular flexibility index (Phi) is 4.42. The summed E-state index contributed by atoms with van der Waals surface area (Å²) in [5, 5.41) is 43.6. The molecule has 3 N–H and O–H groups in total. The number of rotatable bonds is 3. The number of aliphatic hydroxyl groups excluding tert-OH is 1. The second-order valence-corrected chi connectivity index (χ2v) is 10.1. The van der Waals surface area contributed by atoms with Crippen LogP contribution in [-0.4, -0.2) is 31.6 Å². The predicted molar refractivity (Wildman–Crippen MR) is 120 cm³/mol. The minimum Gasteiger partial charge on any atom is -0.508 e. The van der Waals surface area contributed by atoms with Gasteiger partial charge in [-0.1, -0.05) is 13.0 Å². The molecule has 33 heavy (non-hydrogen) atoms. The summed E-state index contributed by atoms with van der Waals surface area (Å²) in [6.45, 7) is 2.24. The monoisotopic (exact) mass is 450 g/mol. The molecule has 0 radical (unpaired) electrons. The molecule has 0 bridgehead atoms. The number of nitrogens with zero attached hydrogens (tertiary/aromatic N) is 3. The number of nitro groups is 1. The lowest BCUT2D eigenvalue weighted by atomic mass is 9.54. The standard InChI is InChI=1S/C24H26N4O5/c1-24-9-8-14-13-3-2-12(29)10-16(13)19(11-15(14)17(24)4-7-21(24)30)25-18-5-6-20(28(31)32)23-22(18)26-33-27-23/h2-3,5-6,10,14-15,17,19,21,25,29-30H,4,7-9,11H2,1H3/t14-,15-,17+,19-,21+,24+/m1/s1. The van der Waals surface area contributed by atoms with Gasteiger partial charge in [0.25, 0.3) is 0 Å². The number of aromatic nitrogens is 2. The number of phenolic OH excluding ortho intramolecular Hbond substituents is 1. The van der Waals surface area contributed by atoms with Gasteiger partial charge in [0.15, 0.2) is 5.52 Å². The molecule has 6 rings (SSSR count). The SMILES string of the molecule is C[C@]12CC[C@@H]3c4ccc(O)cc4[C@H](Nc4ccc([N+](=O)[O-])c5nonc45)C[C@H]3[C@@H]1CC[C@@H]2O. The molecule has 2 aromatic carbocycles. The number of hydrogen-bond acceptors (Lipinski definition) is 8. The van der Waals surface area contributed by atoms with Gasteiger partial charge in [-0.2, -0.15) is 0 Å². The molecular formula is C24H26N4O5. The normalized spacial score (nSPS) is 32.7. The van der Waals surface area contributed by atoms with Crippen LogP contribution in [0.2, 0.25) is 0 Å². The van der Waals surface area contributed by atoms with E-state index in [1.54, 1.807) is 12.1 Å². The fourth-order valence-electron chi connectivity index (χ4n) is 7.02. The van der Waals surface area contributed by atoms with Crippen molar-refractivity contribution >= 4 is 22.4 Å². The maximum Gasteiger partial charge on any atom is 0.300 e. The lowest BCUT2D eigenvalue weighted by Gasteiger charge is -2.51. The van der Waals surface area contributed by atoms with Crippen molar-refractivity contribution in [1.29, 1.82) is 0 Å². The van der Waals surface area contributed by atoms with Gasteiger partial charge < -0.3 is 15.5 Å². The quantitative estimate of drug-likeness (QED) is 0.387. The number of aliphatic hydroxyl groups is 1. The first-order valence-electron chi connectivity index (χ1n) is 11.5. The van der Waals surface area contributed by atoms with Crippen LogP contribution in [0.15, 0.2) is 35.0 Å². The van der Waals surface area contributed by atoms with E-state index in [1.165, 1.54) is 11.6 Å². The maximum atomic E-state index is 11.4. The van der Waals surface area contributed by atoms with Crippen molar-refractivity contribution in [2.24, 2.45) is 17.3 Å². The van der Waals surface area contributed by atoms with Crippen LogP contribution >= 0.6 is 0 Å². The first kappa shape index (κ1) is 20.4. The first-order valence-corrected chi connectivity index (χ1v) is 11.5. The van der Waals surface area contributed by atoms with Gasteiger partial charge in [-0.3, -0.25) is 10.1 Å². The highest BCUT2D eigenvalue weighted by Gasteiger charge is 2.55. The van der Waals surface area contributed by atoms with E-state index in [1.807, 2.05) is 12.1 Å². The molecule has 1 heterocycles. The summed E-state index contributed by atoms with van der Waals surface area (Å²) in [6.07, 6.45) is 4.48. The van der Waals surface area contributed by atoms with Gasteiger partial charge in [-0.05, 0) is 94.9 Å². The Bertz CT molecular complexity index is 1260. The second kappa shape index (κ2) is 7.15. The molecule has 0 amide bonds. The molecule has 3 aliphatic carbocycles. The number of benzene rings is 2. The van der Waals surface area contributed by atoms with Gasteiger partial charge in [0.05, 0.1) is 22.8 Å². The van der Waals surface area contributed by atoms with Gasteiger partial charge in [0.1, 0.15) is 5.75 Å². The molecule has 6 atom stereocenters. The molecular weight excluding hydrogens is 424 g/mol. The van der Waals surface area contributed by atoms with E-state index in [0.29, 0.717) is 29.0 Å². The fourth-order valence-corrected chi connectivity index (χ4v) is 7.02. The van der Waals surface area contributed by atoms with E-state index in [4.69, 9.17) is 4.63 Å². The molecule has 9 nitrogen and oxygen atoms in total. The van der Waals surface area contributed by atoms with E-state index < -0.39 is 4.92 Å². The number of aromatic hydroxyl groups is 1. The summed E-state index contributed by atoms with van der Waals surface area (Å²) in [4.78, 5) is 10.9. The Hall–Kier alpha value is -3.20. The highest BCUT2D eigenvalue weighted by Crippen LogP contribution is 2.62. The van der Waals surface area contributed by atoms with Crippen molar-refractivity contribution in [2.75, 3.05) is 5.32 Å². The summed E-state index contributed by atoms with van der Waals surface area (Å²) in [6, 6.07) is 8.55. The van der Waals surface area contributed by atoms with E-state index in [9.17, 15) is 20.3 Å². The summed E-state index contributed by atoms with van der Waals surface area (Å²) in [5.74, 6) is 1.45. The molecule has 2 fully saturated rings. The first-order chi connectivity index (χ1) is 15.9. The topological polar surface area (TPSA) is 135 Å². The van der Waals surface area contributed by atoms with Crippen LogP contribution in [0, 0.1) is 27.4 Å². The summed E-state index contributed by atoms with van der Waals surface area (Å²) >= 11 is 0. The van der Waals surface area contributed by atoms with Crippen molar-refractivity contribution in [3.8, 4) is 5.75 Å². The third-order valence-corrected chi connectivity index (χ3v) is 8.66. The number of non-ortho nitro benzene ring substituents is 1. The predicted octanol–water partition coefficient (Wildman–Crippen LogP) is 4.66. The molecule has 0 aliphatic heterocycles. The molecule has 0 unspecified atom stereocenters. The van der Waals surface area contributed by atoms with Gasteiger partial charge in [-0.15, -0.1) is 0 Å². The Balaban J connectivity index is 1.42. The summed E-state index contributed by atoms with van der Waals surface area (Å²) < 4.78 is 4.83. The Morgan fingerprint density at radius 3 is 2.79 bits per heavy atom. The van der Waals surface area contributed by atoms with Crippen LogP contribution in [0.3, 0.4) is 0 Å². The van der Waals surface area contributed by atoms with Crippen molar-refractivity contribution in [3.05, 3.63) is 51.6 Å². The Morgan fingerprint density at radius 1 is 1.15 bits per heavy atom. The van der Waals surface area contributed by atoms with Crippen LogP contribution in [0.4, 0.5) is 11.4 Å². The van der Waals surface area contributed by atoms with E-state index in [2.05, 4.69) is 22.6 Å².